The second-order valence-corrected chi connectivity index (χ2v) is 2.17. The molecule has 0 unspecified atom stereocenters. The van der Waals surface area contributed by atoms with E-state index in [1.54, 1.807) is 13.8 Å². The molecule has 0 aliphatic rings. The highest BCUT2D eigenvalue weighted by molar-refractivity contribution is 6.32. The molecule has 0 heterocycles. The average Bonchev–Trinajstić information content (AvgIpc) is 1.84. The fourth-order valence-electron chi connectivity index (χ4n) is 0.369. The molecule has 0 spiro atoms. The fourth-order valence-corrected chi connectivity index (χ4v) is 0.369. The molecule has 0 fully saturated rings. The van der Waals surface area contributed by atoms with Crippen molar-refractivity contribution in [3.63, 3.8) is 0 Å². The predicted octanol–water partition coefficient (Wildman–Crippen LogP) is -0.508. The monoisotopic (exact) mass is 178 g/mol. The average molecular weight is 178 g/mol. The molecule has 0 aromatic carbocycles. The Morgan fingerprint density at radius 3 is 2.50 bits per heavy atom. The Morgan fingerprint density at radius 1 is 1.50 bits per heavy atom. The van der Waals surface area contributed by atoms with Gasteiger partial charge in [0, 0.05) is 0 Å². The number of carbonyl (C=O) groups is 1. The van der Waals surface area contributed by atoms with Gasteiger partial charge in [0.05, 0.1) is 6.10 Å². The molecule has 2 N–H and O–H groups in total. The molecule has 0 saturated carbocycles. The Hall–Kier alpha value is -0.785. The van der Waals surface area contributed by atoms with Crippen molar-refractivity contribution in [3.8, 4) is 0 Å². The third kappa shape index (κ3) is 7.32. The second kappa shape index (κ2) is 5.81. The first-order valence-electron chi connectivity index (χ1n) is 3.33. The zero-order chi connectivity index (χ0) is 9.56. The number of carbonyl (C=O) groups excluding carboxylic acids is 1. The normalized spacial score (nSPS) is 9.75. The lowest BCUT2D eigenvalue weighted by Gasteiger charge is -2.08. The van der Waals surface area contributed by atoms with Crippen molar-refractivity contribution in [1.29, 1.82) is 0 Å². The second-order valence-electron chi connectivity index (χ2n) is 2.17. The SMILES string of the molecule is CC(C)OC(=O)OCOB(O)O. The van der Waals surface area contributed by atoms with E-state index in [-0.39, 0.29) is 6.10 Å². The third-order valence-electron chi connectivity index (χ3n) is 0.726. The molecule has 0 saturated heterocycles. The van der Waals surface area contributed by atoms with Crippen LogP contribution in [0.3, 0.4) is 0 Å². The first-order valence-corrected chi connectivity index (χ1v) is 3.33. The zero-order valence-corrected chi connectivity index (χ0v) is 6.89. The maximum atomic E-state index is 10.5. The highest BCUT2D eigenvalue weighted by Crippen LogP contribution is 1.92. The minimum absolute atomic E-state index is 0.281. The summed E-state index contributed by atoms with van der Waals surface area (Å²) in [5, 5.41) is 16.3. The summed E-state index contributed by atoms with van der Waals surface area (Å²) < 4.78 is 12.9. The molecule has 7 heteroatoms. The highest BCUT2D eigenvalue weighted by Gasteiger charge is 2.11. The summed E-state index contributed by atoms with van der Waals surface area (Å²) in [4.78, 5) is 10.5. The summed E-state index contributed by atoms with van der Waals surface area (Å²) in [7, 11) is -1.95. The van der Waals surface area contributed by atoms with Gasteiger partial charge in [0.25, 0.3) is 0 Å². The van der Waals surface area contributed by atoms with E-state index in [0.717, 1.165) is 0 Å². The van der Waals surface area contributed by atoms with E-state index in [9.17, 15) is 4.79 Å². The van der Waals surface area contributed by atoms with Gasteiger partial charge in [-0.3, -0.25) is 0 Å². The quantitative estimate of drug-likeness (QED) is 0.342. The lowest BCUT2D eigenvalue weighted by Crippen LogP contribution is -2.21. The van der Waals surface area contributed by atoms with E-state index in [1.165, 1.54) is 0 Å². The van der Waals surface area contributed by atoms with Gasteiger partial charge in [0.2, 0.25) is 0 Å². The van der Waals surface area contributed by atoms with Crippen molar-refractivity contribution in [2.45, 2.75) is 20.0 Å². The molecule has 0 atom stereocenters. The molecule has 0 rings (SSSR count). The molecular formula is C5H11BO6. The third-order valence-corrected chi connectivity index (χ3v) is 0.726. The summed E-state index contributed by atoms with van der Waals surface area (Å²) in [6.07, 6.45) is -1.19. The Bertz CT molecular complexity index is 136. The molecule has 0 aliphatic carbocycles. The van der Waals surface area contributed by atoms with Crippen LogP contribution in [0.4, 0.5) is 4.79 Å². The van der Waals surface area contributed by atoms with Gasteiger partial charge >= 0.3 is 13.5 Å². The molecule has 0 aliphatic heterocycles. The summed E-state index contributed by atoms with van der Waals surface area (Å²) >= 11 is 0. The Kier molecular flexibility index (Phi) is 5.43. The van der Waals surface area contributed by atoms with Crippen molar-refractivity contribution >= 4 is 13.5 Å². The number of rotatable bonds is 4. The van der Waals surface area contributed by atoms with Gasteiger partial charge in [-0.1, -0.05) is 0 Å². The lowest BCUT2D eigenvalue weighted by molar-refractivity contribution is -0.0218. The molecule has 0 aromatic rings. The Balaban J connectivity index is 3.32. The fraction of sp³-hybridized carbons (Fsp3) is 0.800. The van der Waals surface area contributed by atoms with Crippen LogP contribution in [0.2, 0.25) is 0 Å². The predicted molar refractivity (Wildman–Crippen MR) is 38.8 cm³/mol. The maximum Gasteiger partial charge on any atom is 0.636 e. The van der Waals surface area contributed by atoms with Crippen molar-refractivity contribution in [1.82, 2.24) is 0 Å². The van der Waals surface area contributed by atoms with E-state index in [4.69, 9.17) is 10.0 Å². The number of ether oxygens (including phenoxy) is 2. The lowest BCUT2D eigenvalue weighted by atomic mass is 10.3. The molecule has 0 radical (unpaired) electrons. The zero-order valence-electron chi connectivity index (χ0n) is 6.89. The van der Waals surface area contributed by atoms with E-state index in [2.05, 4.69) is 14.1 Å². The number of hydrogen-bond donors (Lipinski definition) is 2. The van der Waals surface area contributed by atoms with Gasteiger partial charge in [0.1, 0.15) is 0 Å². The number of hydrogen-bond acceptors (Lipinski definition) is 6. The van der Waals surface area contributed by atoms with Crippen LogP contribution >= 0.6 is 0 Å². The Labute approximate surface area is 70.2 Å². The Morgan fingerprint density at radius 2 is 2.08 bits per heavy atom. The van der Waals surface area contributed by atoms with Crippen molar-refractivity contribution < 1.29 is 29.0 Å². The maximum absolute atomic E-state index is 10.5. The van der Waals surface area contributed by atoms with Crippen molar-refractivity contribution in [2.75, 3.05) is 6.79 Å². The van der Waals surface area contributed by atoms with Crippen LogP contribution in [0.25, 0.3) is 0 Å². The van der Waals surface area contributed by atoms with Crippen LogP contribution in [0.5, 0.6) is 0 Å². The van der Waals surface area contributed by atoms with Crippen molar-refractivity contribution in [2.24, 2.45) is 0 Å². The van der Waals surface area contributed by atoms with E-state index >= 15 is 0 Å². The van der Waals surface area contributed by atoms with Gasteiger partial charge in [-0.05, 0) is 13.8 Å². The summed E-state index contributed by atoms with van der Waals surface area (Å²) in [6.45, 7) is 2.76. The van der Waals surface area contributed by atoms with Gasteiger partial charge in [-0.15, -0.1) is 0 Å². The van der Waals surface area contributed by atoms with Crippen LogP contribution in [0.1, 0.15) is 13.8 Å². The highest BCUT2D eigenvalue weighted by atomic mass is 16.8. The molecular weight excluding hydrogens is 167 g/mol. The van der Waals surface area contributed by atoms with E-state index in [1.807, 2.05) is 0 Å². The van der Waals surface area contributed by atoms with E-state index in [0.29, 0.717) is 0 Å². The van der Waals surface area contributed by atoms with E-state index < -0.39 is 20.3 Å². The summed E-state index contributed by atoms with van der Waals surface area (Å²) in [5.74, 6) is 0. The van der Waals surface area contributed by atoms with Gasteiger partial charge < -0.3 is 24.2 Å². The summed E-state index contributed by atoms with van der Waals surface area (Å²) in [5.41, 5.74) is 0. The van der Waals surface area contributed by atoms with Crippen LogP contribution < -0.4 is 0 Å². The van der Waals surface area contributed by atoms with Gasteiger partial charge in [-0.25, -0.2) is 4.79 Å². The van der Waals surface area contributed by atoms with Gasteiger partial charge in [0.15, 0.2) is 6.79 Å². The summed E-state index contributed by atoms with van der Waals surface area (Å²) in [6, 6.07) is 0. The molecule has 70 valence electrons. The molecule has 6 nitrogen and oxygen atoms in total. The topological polar surface area (TPSA) is 85.2 Å². The van der Waals surface area contributed by atoms with Gasteiger partial charge in [-0.2, -0.15) is 0 Å². The van der Waals surface area contributed by atoms with Crippen LogP contribution in [0.15, 0.2) is 0 Å². The minimum atomic E-state index is -1.95. The van der Waals surface area contributed by atoms with Crippen molar-refractivity contribution in [3.05, 3.63) is 0 Å². The van der Waals surface area contributed by atoms with Crippen LogP contribution in [-0.2, 0) is 14.1 Å². The molecule has 0 aromatic heterocycles. The first-order chi connectivity index (χ1) is 5.52. The standard InChI is InChI=1S/C5H11BO6/c1-4(2)12-5(7)10-3-11-6(8)9/h4,8-9H,3H2,1-2H3. The smallest absolute Gasteiger partial charge is 0.432 e. The molecule has 0 amide bonds. The first kappa shape index (κ1) is 11.2. The molecule has 12 heavy (non-hydrogen) atoms. The minimum Gasteiger partial charge on any atom is -0.432 e. The van der Waals surface area contributed by atoms with Crippen LogP contribution in [-0.4, -0.2) is 36.4 Å². The molecule has 0 bridgehead atoms. The van der Waals surface area contributed by atoms with Crippen LogP contribution in [0, 0.1) is 0 Å². The largest absolute Gasteiger partial charge is 0.636 e.